The Balaban J connectivity index is 1.54. The van der Waals surface area contributed by atoms with E-state index in [1.54, 1.807) is 0 Å². The maximum Gasteiger partial charge on any atom is 0.319 e. The van der Waals surface area contributed by atoms with Crippen molar-refractivity contribution in [2.75, 3.05) is 41.3 Å². The lowest BCUT2D eigenvalue weighted by Gasteiger charge is -2.37. The number of hydrogen-bond acceptors (Lipinski definition) is 3. The molecular weight excluding hydrogens is 312 g/mol. The first-order chi connectivity index (χ1) is 12.1. The zero-order chi connectivity index (χ0) is 17.6. The number of urea groups is 1. The van der Waals surface area contributed by atoms with Crippen LogP contribution in [0, 0.1) is 0 Å². The maximum absolute atomic E-state index is 11.7. The van der Waals surface area contributed by atoms with E-state index in [2.05, 4.69) is 62.9 Å². The number of nitrogens with zero attached hydrogens (tertiary/aromatic N) is 2. The summed E-state index contributed by atoms with van der Waals surface area (Å²) >= 11 is 0. The first-order valence-electron chi connectivity index (χ1n) is 8.84. The van der Waals surface area contributed by atoms with Gasteiger partial charge in [-0.15, -0.1) is 0 Å². The second-order valence-electron chi connectivity index (χ2n) is 6.61. The SMILES string of the molecule is CC(C)NC(=O)Nc1ccc(N2CCN(c3ccccc3)CC2)cc1. The van der Waals surface area contributed by atoms with Crippen LogP contribution >= 0.6 is 0 Å². The highest BCUT2D eigenvalue weighted by molar-refractivity contribution is 5.89. The topological polar surface area (TPSA) is 47.6 Å². The van der Waals surface area contributed by atoms with Gasteiger partial charge >= 0.3 is 6.03 Å². The molecule has 1 saturated heterocycles. The Hall–Kier alpha value is -2.69. The van der Waals surface area contributed by atoms with Gasteiger partial charge in [-0.25, -0.2) is 4.79 Å². The molecule has 25 heavy (non-hydrogen) atoms. The molecule has 0 atom stereocenters. The van der Waals surface area contributed by atoms with Crippen LogP contribution in [-0.2, 0) is 0 Å². The van der Waals surface area contributed by atoms with Gasteiger partial charge in [0.1, 0.15) is 0 Å². The van der Waals surface area contributed by atoms with Crippen LogP contribution in [0.1, 0.15) is 13.8 Å². The fourth-order valence-electron chi connectivity index (χ4n) is 3.05. The highest BCUT2D eigenvalue weighted by atomic mass is 16.2. The van der Waals surface area contributed by atoms with E-state index in [0.29, 0.717) is 0 Å². The molecule has 2 aromatic carbocycles. The maximum atomic E-state index is 11.7. The van der Waals surface area contributed by atoms with E-state index in [4.69, 9.17) is 0 Å². The van der Waals surface area contributed by atoms with Gasteiger partial charge in [0.2, 0.25) is 0 Å². The van der Waals surface area contributed by atoms with Crippen LogP contribution in [0.15, 0.2) is 54.6 Å². The summed E-state index contributed by atoms with van der Waals surface area (Å²) in [5.74, 6) is 0. The summed E-state index contributed by atoms with van der Waals surface area (Å²) in [6.45, 7) is 7.90. The zero-order valence-electron chi connectivity index (χ0n) is 14.9. The second kappa shape index (κ2) is 7.92. The van der Waals surface area contributed by atoms with E-state index < -0.39 is 0 Å². The minimum absolute atomic E-state index is 0.125. The van der Waals surface area contributed by atoms with Gasteiger partial charge in [-0.2, -0.15) is 0 Å². The van der Waals surface area contributed by atoms with E-state index >= 15 is 0 Å². The average Bonchev–Trinajstić information content (AvgIpc) is 2.62. The lowest BCUT2D eigenvalue weighted by molar-refractivity contribution is 0.250. The molecule has 2 N–H and O–H groups in total. The van der Waals surface area contributed by atoms with Gasteiger partial charge in [-0.05, 0) is 50.2 Å². The quantitative estimate of drug-likeness (QED) is 0.896. The van der Waals surface area contributed by atoms with Crippen molar-refractivity contribution in [3.63, 3.8) is 0 Å². The molecule has 0 spiro atoms. The first-order valence-corrected chi connectivity index (χ1v) is 8.84. The summed E-state index contributed by atoms with van der Waals surface area (Å²) in [5, 5.41) is 5.68. The molecule has 5 nitrogen and oxygen atoms in total. The minimum Gasteiger partial charge on any atom is -0.368 e. The molecule has 0 bridgehead atoms. The van der Waals surface area contributed by atoms with E-state index in [9.17, 15) is 4.79 Å². The molecule has 1 heterocycles. The standard InChI is InChI=1S/C20H26N4O/c1-16(2)21-20(25)22-17-8-10-19(11-9-17)24-14-12-23(13-15-24)18-6-4-3-5-7-18/h3-11,16H,12-15H2,1-2H3,(H2,21,22,25). The van der Waals surface area contributed by atoms with Crippen molar-refractivity contribution in [3.05, 3.63) is 54.6 Å². The van der Waals surface area contributed by atoms with Crippen LogP contribution in [0.5, 0.6) is 0 Å². The van der Waals surface area contributed by atoms with E-state index in [1.807, 2.05) is 26.0 Å². The molecule has 132 valence electrons. The molecule has 0 saturated carbocycles. The Morgan fingerprint density at radius 3 is 1.88 bits per heavy atom. The third kappa shape index (κ3) is 4.66. The van der Waals surface area contributed by atoms with Crippen molar-refractivity contribution in [2.45, 2.75) is 19.9 Å². The zero-order valence-corrected chi connectivity index (χ0v) is 14.9. The molecule has 0 aromatic heterocycles. The number of amides is 2. The second-order valence-corrected chi connectivity index (χ2v) is 6.61. The lowest BCUT2D eigenvalue weighted by atomic mass is 10.2. The highest BCUT2D eigenvalue weighted by Gasteiger charge is 2.17. The van der Waals surface area contributed by atoms with Gasteiger partial charge in [0, 0.05) is 49.3 Å². The van der Waals surface area contributed by atoms with Gasteiger partial charge in [0.05, 0.1) is 0 Å². The molecule has 5 heteroatoms. The van der Waals surface area contributed by atoms with Crippen LogP contribution in [0.4, 0.5) is 21.9 Å². The van der Waals surface area contributed by atoms with Crippen LogP contribution in [0.25, 0.3) is 0 Å². The molecule has 0 aliphatic carbocycles. The van der Waals surface area contributed by atoms with E-state index in [1.165, 1.54) is 11.4 Å². The number of para-hydroxylation sites is 1. The third-order valence-corrected chi connectivity index (χ3v) is 4.31. The van der Waals surface area contributed by atoms with Crippen molar-refractivity contribution in [2.24, 2.45) is 0 Å². The van der Waals surface area contributed by atoms with Crippen LogP contribution in [0.3, 0.4) is 0 Å². The minimum atomic E-state index is -0.167. The summed E-state index contributed by atoms with van der Waals surface area (Å²) in [6, 6.07) is 18.6. The lowest BCUT2D eigenvalue weighted by Crippen LogP contribution is -2.46. The van der Waals surface area contributed by atoms with Crippen LogP contribution in [-0.4, -0.2) is 38.3 Å². The molecule has 2 amide bonds. The van der Waals surface area contributed by atoms with Crippen molar-refractivity contribution in [1.29, 1.82) is 0 Å². The normalized spacial score (nSPS) is 14.5. The average molecular weight is 338 g/mol. The Kier molecular flexibility index (Phi) is 5.43. The Morgan fingerprint density at radius 1 is 0.840 bits per heavy atom. The van der Waals surface area contributed by atoms with Crippen molar-refractivity contribution in [1.82, 2.24) is 5.32 Å². The van der Waals surface area contributed by atoms with E-state index in [-0.39, 0.29) is 12.1 Å². The summed E-state index contributed by atoms with van der Waals surface area (Å²) in [5.41, 5.74) is 3.30. The van der Waals surface area contributed by atoms with E-state index in [0.717, 1.165) is 31.9 Å². The van der Waals surface area contributed by atoms with Gasteiger partial charge < -0.3 is 20.4 Å². The molecule has 2 aromatic rings. The number of piperazine rings is 1. The molecule has 0 radical (unpaired) electrons. The van der Waals surface area contributed by atoms with Gasteiger partial charge in [0.15, 0.2) is 0 Å². The van der Waals surface area contributed by atoms with Crippen molar-refractivity contribution in [3.8, 4) is 0 Å². The smallest absolute Gasteiger partial charge is 0.319 e. The highest BCUT2D eigenvalue weighted by Crippen LogP contribution is 2.22. The van der Waals surface area contributed by atoms with Gasteiger partial charge in [0.25, 0.3) is 0 Å². The number of carbonyl (C=O) groups excluding carboxylic acids is 1. The largest absolute Gasteiger partial charge is 0.368 e. The van der Waals surface area contributed by atoms with Gasteiger partial charge in [-0.1, -0.05) is 18.2 Å². The third-order valence-electron chi connectivity index (χ3n) is 4.31. The van der Waals surface area contributed by atoms with Crippen molar-refractivity contribution >= 4 is 23.1 Å². The Bertz CT molecular complexity index is 677. The Morgan fingerprint density at radius 2 is 1.36 bits per heavy atom. The number of anilines is 3. The summed E-state index contributed by atoms with van der Waals surface area (Å²) < 4.78 is 0. The summed E-state index contributed by atoms with van der Waals surface area (Å²) in [7, 11) is 0. The summed E-state index contributed by atoms with van der Waals surface area (Å²) in [6.07, 6.45) is 0. The van der Waals surface area contributed by atoms with Crippen LogP contribution < -0.4 is 20.4 Å². The number of nitrogens with one attached hydrogen (secondary N) is 2. The molecule has 1 fully saturated rings. The molecule has 0 unspecified atom stereocenters. The number of benzene rings is 2. The molecular formula is C20H26N4O. The van der Waals surface area contributed by atoms with Gasteiger partial charge in [-0.3, -0.25) is 0 Å². The summed E-state index contributed by atoms with van der Waals surface area (Å²) in [4.78, 5) is 16.5. The number of carbonyl (C=O) groups is 1. The van der Waals surface area contributed by atoms with Crippen molar-refractivity contribution < 1.29 is 4.79 Å². The molecule has 3 rings (SSSR count). The molecule has 1 aliphatic heterocycles. The first kappa shape index (κ1) is 17.1. The number of rotatable bonds is 4. The predicted octanol–water partition coefficient (Wildman–Crippen LogP) is 3.54. The number of hydrogen-bond donors (Lipinski definition) is 2. The fourth-order valence-corrected chi connectivity index (χ4v) is 3.05. The molecule has 1 aliphatic rings. The Labute approximate surface area is 149 Å². The monoisotopic (exact) mass is 338 g/mol. The fraction of sp³-hybridized carbons (Fsp3) is 0.350. The predicted molar refractivity (Wildman–Crippen MR) is 105 cm³/mol. The van der Waals surface area contributed by atoms with Crippen LogP contribution in [0.2, 0.25) is 0 Å².